The van der Waals surface area contributed by atoms with Crippen molar-refractivity contribution < 1.29 is 49.1 Å². The zero-order valence-corrected chi connectivity index (χ0v) is 17.8. The van der Waals surface area contributed by atoms with Crippen LogP contribution in [-0.2, 0) is 30.4 Å². The summed E-state index contributed by atoms with van der Waals surface area (Å²) in [7, 11) is -14.3. The van der Waals surface area contributed by atoms with Crippen molar-refractivity contribution in [1.29, 1.82) is 0 Å². The molecule has 0 aliphatic carbocycles. The van der Waals surface area contributed by atoms with Crippen LogP contribution in [0.5, 0.6) is 11.5 Å². The summed E-state index contributed by atoms with van der Waals surface area (Å²) in [5, 5.41) is 26.9. The van der Waals surface area contributed by atoms with E-state index in [0.29, 0.717) is 12.1 Å². The molecule has 3 aromatic rings. The average molecular weight is 576 g/mol. The fraction of sp³-hybridized carbons (Fsp3) is 0. The summed E-state index contributed by atoms with van der Waals surface area (Å²) in [4.78, 5) is -2.27. The third kappa shape index (κ3) is 8.17. The Balaban J connectivity index is 0.00000385. The molecule has 176 valence electrons. The van der Waals surface area contributed by atoms with E-state index in [-0.39, 0.29) is 99.7 Å². The molecule has 0 aromatic heterocycles. The van der Waals surface area contributed by atoms with E-state index in [2.05, 4.69) is 10.2 Å². The van der Waals surface area contributed by atoms with Gasteiger partial charge in [0.15, 0.2) is 5.75 Å². The van der Waals surface area contributed by atoms with Gasteiger partial charge < -0.3 is 10.2 Å². The van der Waals surface area contributed by atoms with E-state index >= 15 is 0 Å². The first-order chi connectivity index (χ1) is 14.6. The number of aromatic hydroxyl groups is 2. The molecule has 0 unspecified atom stereocenters. The molecule has 0 aliphatic heterocycles. The van der Waals surface area contributed by atoms with Crippen LogP contribution in [0.4, 0.5) is 11.4 Å². The van der Waals surface area contributed by atoms with E-state index in [1.807, 2.05) is 0 Å². The fourth-order valence-corrected chi connectivity index (χ4v) is 4.35. The number of fused-ring (bicyclic) bond motifs is 1. The van der Waals surface area contributed by atoms with Gasteiger partial charge in [-0.25, -0.2) is 0 Å². The molecule has 5 N–H and O–H groups in total. The van der Waals surface area contributed by atoms with E-state index in [0.717, 1.165) is 30.3 Å². The van der Waals surface area contributed by atoms with E-state index in [1.54, 1.807) is 0 Å². The Hall–Kier alpha value is -0.150. The second-order valence-electron chi connectivity index (χ2n) is 6.23. The Morgan fingerprint density at radius 1 is 0.629 bits per heavy atom. The van der Waals surface area contributed by atoms with Crippen LogP contribution in [0.15, 0.2) is 67.4 Å². The van der Waals surface area contributed by atoms with Gasteiger partial charge in [0.05, 0.1) is 20.9 Å². The quantitative estimate of drug-likeness (QED) is 0.159. The molecule has 0 saturated carbocycles. The first-order valence-corrected chi connectivity index (χ1v) is 12.4. The minimum absolute atomic E-state index is 0. The number of azo groups is 1. The number of phenols is 2. The Labute approximate surface area is 265 Å². The van der Waals surface area contributed by atoms with Crippen molar-refractivity contribution in [1.82, 2.24) is 0 Å². The molecule has 0 radical (unpaired) electrons. The molecule has 0 atom stereocenters. The monoisotopic (exact) mass is 576 g/mol. The second-order valence-corrected chi connectivity index (χ2v) is 10.5. The maximum atomic E-state index is 11.8. The Morgan fingerprint density at radius 3 is 1.60 bits per heavy atom. The topological polar surface area (TPSA) is 228 Å². The van der Waals surface area contributed by atoms with Crippen LogP contribution in [0.1, 0.15) is 0 Å². The third-order valence-electron chi connectivity index (χ3n) is 4.08. The number of phenolic OH excluding ortho intramolecular Hbond substituents is 2. The molecule has 35 heavy (non-hydrogen) atoms. The Bertz CT molecular complexity index is 1610. The Kier molecular flexibility index (Phi) is 12.5. The van der Waals surface area contributed by atoms with Crippen LogP contribution < -0.4 is 0 Å². The van der Waals surface area contributed by atoms with Crippen LogP contribution in [0.25, 0.3) is 10.8 Å². The first-order valence-electron chi connectivity index (χ1n) is 8.06. The summed E-state index contributed by atoms with van der Waals surface area (Å²) in [5.41, 5.74) is -0.877. The number of rotatable bonds is 5. The molecule has 13 nitrogen and oxygen atoms in total. The van der Waals surface area contributed by atoms with Crippen molar-refractivity contribution in [2.24, 2.45) is 10.2 Å². The van der Waals surface area contributed by atoms with Crippen LogP contribution in [0, 0.1) is 0 Å². The number of benzene rings is 3. The fourth-order valence-electron chi connectivity index (χ4n) is 2.67. The maximum absolute atomic E-state index is 11.8. The normalized spacial score (nSPS) is 12.0. The van der Waals surface area contributed by atoms with Gasteiger partial charge in [0.2, 0.25) is 0 Å². The van der Waals surface area contributed by atoms with Crippen LogP contribution in [-0.4, -0.2) is 138 Å². The predicted molar refractivity (Wildman–Crippen MR) is 129 cm³/mol. The van der Waals surface area contributed by atoms with Crippen molar-refractivity contribution in [3.63, 3.8) is 0 Å². The molecule has 3 rings (SSSR count). The van der Waals surface area contributed by atoms with Gasteiger partial charge >= 0.3 is 88.7 Å². The number of hydrogen-bond acceptors (Lipinski definition) is 10. The van der Waals surface area contributed by atoms with Crippen LogP contribution >= 0.6 is 0 Å². The Morgan fingerprint density at radius 2 is 1.14 bits per heavy atom. The van der Waals surface area contributed by atoms with Crippen LogP contribution in [0.3, 0.4) is 0 Å². The van der Waals surface area contributed by atoms with Gasteiger partial charge in [-0.2, -0.15) is 30.4 Å². The average Bonchev–Trinajstić information content (AvgIpc) is 2.64. The molecule has 0 spiro atoms. The molecule has 0 amide bonds. The molecular formula is C16H15N2Na3O11S3. The van der Waals surface area contributed by atoms with Gasteiger partial charge in [0.1, 0.15) is 16.3 Å². The standard InChI is InChI=1S/C16H12N2O11S3.3Na.3H/c19-12-7-11(31(24,25)26)5-8-6-13(32(27,28)29)15(16(20)14(8)12)18-17-9-1-3-10(4-2-9)30(21,22)23;;;;;;/h1-7,19-20H,(H,21,22,23)(H,24,25,26)(H,27,28,29);;;;;;. The van der Waals surface area contributed by atoms with Gasteiger partial charge in [-0.05, 0) is 41.8 Å². The molecular weight excluding hydrogens is 561 g/mol. The number of nitrogens with zero attached hydrogens (tertiary/aromatic N) is 2. The predicted octanol–water partition coefficient (Wildman–Crippen LogP) is 0.461. The number of hydrogen-bond donors (Lipinski definition) is 5. The van der Waals surface area contributed by atoms with Crippen molar-refractivity contribution >= 4 is 141 Å². The van der Waals surface area contributed by atoms with E-state index < -0.39 is 67.6 Å². The van der Waals surface area contributed by atoms with Crippen LogP contribution in [0.2, 0.25) is 0 Å². The van der Waals surface area contributed by atoms with Gasteiger partial charge in [-0.1, -0.05) is 0 Å². The second kappa shape index (κ2) is 12.6. The third-order valence-corrected chi connectivity index (χ3v) is 6.64. The van der Waals surface area contributed by atoms with E-state index in [4.69, 9.17) is 9.11 Å². The molecule has 0 fully saturated rings. The SMILES string of the molecule is O=S(=O)(O)c1ccc(N=Nc2c(S(=O)(=O)O)cc3cc(S(=O)(=O)O)cc(O)c3c2O)cc1.[NaH].[NaH].[NaH]. The summed E-state index contributed by atoms with van der Waals surface area (Å²) in [5.74, 6) is -1.85. The van der Waals surface area contributed by atoms with E-state index in [9.17, 15) is 40.0 Å². The van der Waals surface area contributed by atoms with Crippen molar-refractivity contribution in [3.05, 3.63) is 42.5 Å². The molecule has 0 aliphatic rings. The van der Waals surface area contributed by atoms with Crippen molar-refractivity contribution in [2.75, 3.05) is 0 Å². The molecule has 3 aromatic carbocycles. The molecule has 0 heterocycles. The van der Waals surface area contributed by atoms with Crippen molar-refractivity contribution in [2.45, 2.75) is 14.7 Å². The van der Waals surface area contributed by atoms with Gasteiger partial charge in [0.25, 0.3) is 30.4 Å². The molecule has 0 saturated heterocycles. The van der Waals surface area contributed by atoms with Crippen molar-refractivity contribution in [3.8, 4) is 11.5 Å². The minimum atomic E-state index is -5.06. The van der Waals surface area contributed by atoms with Gasteiger partial charge in [0, 0.05) is 6.07 Å². The van der Waals surface area contributed by atoms with E-state index in [1.165, 1.54) is 0 Å². The summed E-state index contributed by atoms with van der Waals surface area (Å²) < 4.78 is 96.0. The van der Waals surface area contributed by atoms with Gasteiger partial charge in [-0.15, -0.1) is 5.11 Å². The summed E-state index contributed by atoms with van der Waals surface area (Å²) in [6.07, 6.45) is 0. The first kappa shape index (κ1) is 34.9. The van der Waals surface area contributed by atoms with Gasteiger partial charge in [-0.3, -0.25) is 13.7 Å². The molecule has 0 bridgehead atoms. The summed E-state index contributed by atoms with van der Waals surface area (Å²) in [6.45, 7) is 0. The molecule has 19 heteroatoms. The summed E-state index contributed by atoms with van der Waals surface area (Å²) >= 11 is 0. The summed E-state index contributed by atoms with van der Waals surface area (Å²) in [6, 6.07) is 6.15. The zero-order chi connectivity index (χ0) is 24.1. The zero-order valence-electron chi connectivity index (χ0n) is 15.3.